The summed E-state index contributed by atoms with van der Waals surface area (Å²) in [6.07, 6.45) is 0.368. The standard InChI is InChI=1S/C16H12BrNO2/c1-18-14-7-4-11(8-12(14)9-15(18)19)16(20)10-2-5-13(17)6-3-10/h2-8H,9H2,1H3. The third-order valence-electron chi connectivity index (χ3n) is 3.53. The van der Waals surface area contributed by atoms with Crippen LogP contribution in [0.5, 0.6) is 0 Å². The van der Waals surface area contributed by atoms with Crippen LogP contribution in [0.2, 0.25) is 0 Å². The smallest absolute Gasteiger partial charge is 0.231 e. The van der Waals surface area contributed by atoms with E-state index in [2.05, 4.69) is 15.9 Å². The van der Waals surface area contributed by atoms with E-state index < -0.39 is 0 Å². The molecule has 0 atom stereocenters. The van der Waals surface area contributed by atoms with Crippen LogP contribution in [0, 0.1) is 0 Å². The van der Waals surface area contributed by atoms with E-state index in [-0.39, 0.29) is 11.7 Å². The van der Waals surface area contributed by atoms with Gasteiger partial charge in [0.25, 0.3) is 0 Å². The molecule has 0 bridgehead atoms. The number of anilines is 1. The number of halogens is 1. The zero-order chi connectivity index (χ0) is 14.3. The molecule has 1 aliphatic heterocycles. The van der Waals surface area contributed by atoms with Crippen molar-refractivity contribution < 1.29 is 9.59 Å². The van der Waals surface area contributed by atoms with Crippen LogP contribution >= 0.6 is 15.9 Å². The van der Waals surface area contributed by atoms with Crippen LogP contribution in [0.1, 0.15) is 21.5 Å². The molecule has 100 valence electrons. The summed E-state index contributed by atoms with van der Waals surface area (Å²) < 4.78 is 0.940. The third-order valence-corrected chi connectivity index (χ3v) is 4.05. The van der Waals surface area contributed by atoms with Crippen molar-refractivity contribution in [3.05, 3.63) is 63.6 Å². The normalized spacial score (nSPS) is 13.5. The second kappa shape index (κ2) is 4.87. The molecule has 4 heteroatoms. The molecule has 0 saturated carbocycles. The Morgan fingerprint density at radius 2 is 1.75 bits per heavy atom. The molecule has 2 aromatic carbocycles. The molecule has 0 fully saturated rings. The lowest BCUT2D eigenvalue weighted by molar-refractivity contribution is -0.117. The van der Waals surface area contributed by atoms with Gasteiger partial charge in [-0.2, -0.15) is 0 Å². The fourth-order valence-corrected chi connectivity index (χ4v) is 2.64. The topological polar surface area (TPSA) is 37.4 Å². The predicted octanol–water partition coefficient (Wildman–Crippen LogP) is 3.20. The number of carbonyl (C=O) groups is 2. The molecule has 1 aliphatic rings. The van der Waals surface area contributed by atoms with Crippen LogP contribution in [0.15, 0.2) is 46.9 Å². The van der Waals surface area contributed by atoms with Crippen molar-refractivity contribution in [2.24, 2.45) is 0 Å². The molecule has 0 unspecified atom stereocenters. The third kappa shape index (κ3) is 2.16. The molecule has 2 aromatic rings. The first-order valence-corrected chi connectivity index (χ1v) is 7.05. The minimum Gasteiger partial charge on any atom is -0.315 e. The van der Waals surface area contributed by atoms with Gasteiger partial charge in [0.15, 0.2) is 5.78 Å². The van der Waals surface area contributed by atoms with Gasteiger partial charge in [0.1, 0.15) is 0 Å². The van der Waals surface area contributed by atoms with Gasteiger partial charge in [-0.25, -0.2) is 0 Å². The summed E-state index contributed by atoms with van der Waals surface area (Å²) in [6.45, 7) is 0. The lowest BCUT2D eigenvalue weighted by atomic mass is 10.0. The van der Waals surface area contributed by atoms with Gasteiger partial charge in [0.05, 0.1) is 6.42 Å². The molecular weight excluding hydrogens is 318 g/mol. The van der Waals surface area contributed by atoms with Crippen molar-refractivity contribution >= 4 is 33.3 Å². The molecule has 0 aromatic heterocycles. The molecule has 20 heavy (non-hydrogen) atoms. The van der Waals surface area contributed by atoms with E-state index in [1.54, 1.807) is 30.1 Å². The average molecular weight is 330 g/mol. The summed E-state index contributed by atoms with van der Waals surface area (Å²) in [5.74, 6) is 0.0375. The number of nitrogens with zero attached hydrogens (tertiary/aromatic N) is 1. The Labute approximate surface area is 125 Å². The van der Waals surface area contributed by atoms with Crippen LogP contribution in [-0.2, 0) is 11.2 Å². The van der Waals surface area contributed by atoms with E-state index in [9.17, 15) is 9.59 Å². The summed E-state index contributed by atoms with van der Waals surface area (Å²) in [7, 11) is 1.75. The van der Waals surface area contributed by atoms with Gasteiger partial charge >= 0.3 is 0 Å². The quantitative estimate of drug-likeness (QED) is 0.793. The fraction of sp³-hybridized carbons (Fsp3) is 0.125. The number of rotatable bonds is 2. The second-order valence-electron chi connectivity index (χ2n) is 4.81. The van der Waals surface area contributed by atoms with Crippen LogP contribution in [-0.4, -0.2) is 18.7 Å². The Morgan fingerprint density at radius 3 is 2.45 bits per heavy atom. The largest absolute Gasteiger partial charge is 0.315 e. The molecule has 3 rings (SSSR count). The van der Waals surface area contributed by atoms with Gasteiger partial charge in [-0.05, 0) is 48.0 Å². The van der Waals surface area contributed by atoms with Gasteiger partial charge in [0.2, 0.25) is 5.91 Å². The molecule has 1 amide bonds. The first-order valence-electron chi connectivity index (χ1n) is 6.26. The highest BCUT2D eigenvalue weighted by Crippen LogP contribution is 2.29. The molecule has 3 nitrogen and oxygen atoms in total. The molecule has 0 N–H and O–H groups in total. The van der Waals surface area contributed by atoms with E-state index in [4.69, 9.17) is 0 Å². The maximum Gasteiger partial charge on any atom is 0.231 e. The summed E-state index contributed by atoms with van der Waals surface area (Å²) >= 11 is 3.35. The van der Waals surface area contributed by atoms with Gasteiger partial charge in [-0.1, -0.05) is 15.9 Å². The summed E-state index contributed by atoms with van der Waals surface area (Å²) in [5, 5.41) is 0. The van der Waals surface area contributed by atoms with Gasteiger partial charge in [-0.15, -0.1) is 0 Å². The van der Waals surface area contributed by atoms with Gasteiger partial charge < -0.3 is 4.90 Å². The van der Waals surface area contributed by atoms with Gasteiger partial charge in [-0.3, -0.25) is 9.59 Å². The average Bonchev–Trinajstić information content (AvgIpc) is 2.74. The Bertz CT molecular complexity index is 707. The highest BCUT2D eigenvalue weighted by Gasteiger charge is 2.24. The summed E-state index contributed by atoms with van der Waals surface area (Å²) in [5.41, 5.74) is 3.07. The van der Waals surface area contributed by atoms with Gasteiger partial charge in [0, 0.05) is 28.3 Å². The number of fused-ring (bicyclic) bond motifs is 1. The first-order chi connectivity index (χ1) is 9.56. The first kappa shape index (κ1) is 13.1. The van der Waals surface area contributed by atoms with E-state index in [1.807, 2.05) is 24.3 Å². The Morgan fingerprint density at radius 1 is 1.10 bits per heavy atom. The number of hydrogen-bond donors (Lipinski definition) is 0. The van der Waals surface area contributed by atoms with Crippen LogP contribution < -0.4 is 4.90 Å². The Kier molecular flexibility index (Phi) is 3.18. The maximum absolute atomic E-state index is 12.4. The van der Waals surface area contributed by atoms with Crippen molar-refractivity contribution in [2.45, 2.75) is 6.42 Å². The Hall–Kier alpha value is -1.94. The van der Waals surface area contributed by atoms with Crippen molar-refractivity contribution in [3.63, 3.8) is 0 Å². The van der Waals surface area contributed by atoms with Crippen LogP contribution in [0.25, 0.3) is 0 Å². The minimum atomic E-state index is -0.0256. The van der Waals surface area contributed by atoms with Crippen molar-refractivity contribution in [1.82, 2.24) is 0 Å². The highest BCUT2D eigenvalue weighted by molar-refractivity contribution is 9.10. The number of hydrogen-bond acceptors (Lipinski definition) is 2. The monoisotopic (exact) mass is 329 g/mol. The second-order valence-corrected chi connectivity index (χ2v) is 5.72. The van der Waals surface area contributed by atoms with Crippen molar-refractivity contribution in [2.75, 3.05) is 11.9 Å². The van der Waals surface area contributed by atoms with E-state index in [0.29, 0.717) is 17.5 Å². The number of carbonyl (C=O) groups excluding carboxylic acids is 2. The van der Waals surface area contributed by atoms with Crippen molar-refractivity contribution in [1.29, 1.82) is 0 Å². The SMILES string of the molecule is CN1C(=O)Cc2cc(C(=O)c3ccc(Br)cc3)ccc21. The summed E-state index contributed by atoms with van der Waals surface area (Å²) in [6, 6.07) is 12.7. The Balaban J connectivity index is 1.96. The van der Waals surface area contributed by atoms with E-state index >= 15 is 0 Å². The fourth-order valence-electron chi connectivity index (χ4n) is 2.38. The lowest BCUT2D eigenvalue weighted by Crippen LogP contribution is -2.20. The number of likely N-dealkylation sites (N-methyl/N-ethyl adjacent to an activating group) is 1. The maximum atomic E-state index is 12.4. The highest BCUT2D eigenvalue weighted by atomic mass is 79.9. The molecular formula is C16H12BrNO2. The number of benzene rings is 2. The van der Waals surface area contributed by atoms with E-state index in [1.165, 1.54) is 0 Å². The molecule has 0 aliphatic carbocycles. The zero-order valence-corrected chi connectivity index (χ0v) is 12.5. The molecule has 0 radical (unpaired) electrons. The van der Waals surface area contributed by atoms with E-state index in [0.717, 1.165) is 15.7 Å². The zero-order valence-electron chi connectivity index (χ0n) is 10.9. The number of amides is 1. The summed E-state index contributed by atoms with van der Waals surface area (Å²) in [4.78, 5) is 25.7. The predicted molar refractivity (Wildman–Crippen MR) is 81.1 cm³/mol. The lowest BCUT2D eigenvalue weighted by Gasteiger charge is -2.10. The molecule has 0 spiro atoms. The van der Waals surface area contributed by atoms with Crippen LogP contribution in [0.4, 0.5) is 5.69 Å². The van der Waals surface area contributed by atoms with Crippen molar-refractivity contribution in [3.8, 4) is 0 Å². The molecule has 1 heterocycles. The number of ketones is 1. The van der Waals surface area contributed by atoms with Crippen LogP contribution in [0.3, 0.4) is 0 Å². The minimum absolute atomic E-state index is 0.0256. The molecule has 0 saturated heterocycles.